The fraction of sp³-hybridized carbons (Fsp3) is 1.00. The van der Waals surface area contributed by atoms with Gasteiger partial charge < -0.3 is 15.6 Å². The van der Waals surface area contributed by atoms with E-state index in [9.17, 15) is 0 Å². The van der Waals surface area contributed by atoms with E-state index in [1.54, 1.807) is 0 Å². The molecule has 0 spiro atoms. The molecule has 0 radical (unpaired) electrons. The first-order chi connectivity index (χ1) is 13.8. The smallest absolute Gasteiger partial charge is 0.176 e. The maximum atomic E-state index is 6.82. The summed E-state index contributed by atoms with van der Waals surface area (Å²) in [7, 11) is -2.96. The van der Waals surface area contributed by atoms with E-state index in [0.29, 0.717) is 0 Å². The van der Waals surface area contributed by atoms with Crippen LogP contribution in [0.1, 0.15) is 103 Å². The average molecular weight is 445 g/mol. The van der Waals surface area contributed by atoms with Crippen LogP contribution in [0.5, 0.6) is 0 Å². The van der Waals surface area contributed by atoms with Gasteiger partial charge in [-0.15, -0.1) is 0 Å². The Morgan fingerprint density at radius 1 is 0.448 bits per heavy atom. The van der Waals surface area contributed by atoms with Crippen molar-refractivity contribution in [3.05, 3.63) is 0 Å². The van der Waals surface area contributed by atoms with E-state index in [4.69, 9.17) is 15.6 Å². The highest BCUT2D eigenvalue weighted by Gasteiger charge is 2.33. The Morgan fingerprint density at radius 2 is 0.724 bits per heavy atom. The van der Waals surface area contributed by atoms with Crippen LogP contribution < -0.4 is 11.5 Å². The molecular formula is C24H56N2OSi2. The van der Waals surface area contributed by atoms with Gasteiger partial charge in [-0.3, -0.25) is 0 Å². The second-order valence-electron chi connectivity index (χ2n) is 10.4. The van der Waals surface area contributed by atoms with Gasteiger partial charge in [0.2, 0.25) is 0 Å². The predicted molar refractivity (Wildman–Crippen MR) is 138 cm³/mol. The first-order valence-corrected chi connectivity index (χ1v) is 19.2. The van der Waals surface area contributed by atoms with Gasteiger partial charge in [0, 0.05) is 0 Å². The second-order valence-corrected chi connectivity index (χ2v) is 19.3. The molecule has 0 heterocycles. The summed E-state index contributed by atoms with van der Waals surface area (Å²) in [6.07, 6.45) is 21.8. The van der Waals surface area contributed by atoms with Crippen LogP contribution in [0.2, 0.25) is 38.3 Å². The normalized spacial score (nSPS) is 12.6. The molecule has 0 aliphatic carbocycles. The van der Waals surface area contributed by atoms with Crippen molar-refractivity contribution in [3.63, 3.8) is 0 Å². The van der Waals surface area contributed by atoms with Crippen molar-refractivity contribution in [2.24, 2.45) is 11.5 Å². The summed E-state index contributed by atoms with van der Waals surface area (Å²) in [6, 6.07) is 2.76. The molecule has 176 valence electrons. The summed E-state index contributed by atoms with van der Waals surface area (Å²) in [6.45, 7) is 11.4. The molecule has 5 heteroatoms. The molecule has 0 amide bonds. The maximum Gasteiger partial charge on any atom is 0.176 e. The monoisotopic (exact) mass is 444 g/mol. The summed E-state index contributed by atoms with van der Waals surface area (Å²) in [4.78, 5) is 0. The Morgan fingerprint density at radius 3 is 1.00 bits per heavy atom. The number of hydrogen-bond acceptors (Lipinski definition) is 3. The molecule has 4 N–H and O–H groups in total. The van der Waals surface area contributed by atoms with Crippen LogP contribution in [0.3, 0.4) is 0 Å². The minimum Gasteiger partial charge on any atom is -0.456 e. The van der Waals surface area contributed by atoms with Crippen molar-refractivity contribution in [2.45, 2.75) is 141 Å². The minimum absolute atomic E-state index is 0.856. The highest BCUT2D eigenvalue weighted by molar-refractivity contribution is 6.84. The largest absolute Gasteiger partial charge is 0.456 e. The quantitative estimate of drug-likeness (QED) is 0.134. The molecule has 3 nitrogen and oxygen atoms in total. The Balaban J connectivity index is 3.94. The molecule has 0 aromatic rings. The Bertz CT molecular complexity index is 326. The molecule has 0 fully saturated rings. The molecule has 0 saturated heterocycles. The van der Waals surface area contributed by atoms with Gasteiger partial charge in [0.25, 0.3) is 0 Å². The summed E-state index contributed by atoms with van der Waals surface area (Å²) < 4.78 is 6.82. The van der Waals surface area contributed by atoms with Crippen LogP contribution in [-0.4, -0.2) is 29.7 Å². The zero-order valence-electron chi connectivity index (χ0n) is 20.7. The first-order valence-electron chi connectivity index (χ1n) is 12.9. The van der Waals surface area contributed by atoms with Crippen molar-refractivity contribution < 1.29 is 4.12 Å². The van der Waals surface area contributed by atoms with E-state index >= 15 is 0 Å². The summed E-state index contributed by atoms with van der Waals surface area (Å²) in [5, 5.41) is 0. The molecule has 0 aromatic carbocycles. The fourth-order valence-corrected chi connectivity index (χ4v) is 13.4. The molecule has 0 atom stereocenters. The highest BCUT2D eigenvalue weighted by Crippen LogP contribution is 2.28. The van der Waals surface area contributed by atoms with E-state index in [1.807, 2.05) is 0 Å². The molecule has 0 aliphatic heterocycles. The Labute approximate surface area is 186 Å². The lowest BCUT2D eigenvalue weighted by atomic mass is 10.1. The van der Waals surface area contributed by atoms with Gasteiger partial charge in [0.05, 0.1) is 0 Å². The zero-order valence-corrected chi connectivity index (χ0v) is 22.7. The molecule has 0 saturated carbocycles. The van der Waals surface area contributed by atoms with Gasteiger partial charge in [-0.25, -0.2) is 0 Å². The standard InChI is InChI=1S/C24H56N2OSi2/c1-28(2,3)27-29(4,23-19-15-11-7-5-9-13-17-21-25)24-20-16-12-8-6-10-14-18-22-26/h5-26H2,1-4H3. The highest BCUT2D eigenvalue weighted by atomic mass is 28.4. The third-order valence-electron chi connectivity index (χ3n) is 5.87. The third-order valence-corrected chi connectivity index (χ3v) is 13.1. The van der Waals surface area contributed by atoms with Crippen LogP contribution in [0, 0.1) is 0 Å². The molecule has 0 rings (SSSR count). The molecular weight excluding hydrogens is 388 g/mol. The average Bonchev–Trinajstić information content (AvgIpc) is 2.64. The molecule has 29 heavy (non-hydrogen) atoms. The lowest BCUT2D eigenvalue weighted by Gasteiger charge is -2.35. The van der Waals surface area contributed by atoms with Gasteiger partial charge in [0.15, 0.2) is 16.6 Å². The number of rotatable bonds is 22. The van der Waals surface area contributed by atoms with Gasteiger partial charge in [-0.05, 0) is 64.2 Å². The maximum absolute atomic E-state index is 6.82. The van der Waals surface area contributed by atoms with E-state index in [2.05, 4.69) is 26.2 Å². The van der Waals surface area contributed by atoms with Crippen molar-refractivity contribution >= 4 is 16.6 Å². The topological polar surface area (TPSA) is 61.3 Å². The summed E-state index contributed by atoms with van der Waals surface area (Å²) >= 11 is 0. The number of nitrogens with two attached hydrogens (primary N) is 2. The Hall–Kier alpha value is 0.314. The van der Waals surface area contributed by atoms with Crippen LogP contribution in [0.15, 0.2) is 0 Å². The van der Waals surface area contributed by atoms with Gasteiger partial charge in [-0.2, -0.15) is 0 Å². The van der Waals surface area contributed by atoms with E-state index in [1.165, 1.54) is 115 Å². The van der Waals surface area contributed by atoms with Gasteiger partial charge >= 0.3 is 0 Å². The van der Waals surface area contributed by atoms with Crippen molar-refractivity contribution in [2.75, 3.05) is 13.1 Å². The number of hydrogen-bond donors (Lipinski definition) is 2. The molecule has 0 bridgehead atoms. The SMILES string of the molecule is C[Si](C)(C)O[Si](C)(CCCCCCCCCCN)CCCCCCCCCCN. The Kier molecular flexibility index (Phi) is 19.2. The van der Waals surface area contributed by atoms with E-state index in [0.717, 1.165) is 13.1 Å². The van der Waals surface area contributed by atoms with Gasteiger partial charge in [-0.1, -0.05) is 89.9 Å². The van der Waals surface area contributed by atoms with Crippen LogP contribution in [0.25, 0.3) is 0 Å². The molecule has 0 aromatic heterocycles. The first kappa shape index (κ1) is 29.3. The summed E-state index contributed by atoms with van der Waals surface area (Å²) in [5.41, 5.74) is 11.1. The fourth-order valence-electron chi connectivity index (χ4n) is 4.37. The van der Waals surface area contributed by atoms with Crippen molar-refractivity contribution in [1.29, 1.82) is 0 Å². The van der Waals surface area contributed by atoms with Crippen LogP contribution in [-0.2, 0) is 4.12 Å². The van der Waals surface area contributed by atoms with E-state index in [-0.39, 0.29) is 0 Å². The molecule has 0 unspecified atom stereocenters. The second kappa shape index (κ2) is 19.0. The van der Waals surface area contributed by atoms with Crippen molar-refractivity contribution in [3.8, 4) is 0 Å². The summed E-state index contributed by atoms with van der Waals surface area (Å²) in [5.74, 6) is 0. The predicted octanol–water partition coefficient (Wildman–Crippen LogP) is 7.57. The zero-order chi connectivity index (χ0) is 21.8. The van der Waals surface area contributed by atoms with Crippen molar-refractivity contribution in [1.82, 2.24) is 0 Å². The lowest BCUT2D eigenvalue weighted by Crippen LogP contribution is -2.44. The third kappa shape index (κ3) is 21.3. The molecule has 0 aliphatic rings. The minimum atomic E-state index is -1.52. The van der Waals surface area contributed by atoms with E-state index < -0.39 is 16.6 Å². The van der Waals surface area contributed by atoms with Crippen LogP contribution >= 0.6 is 0 Å². The lowest BCUT2D eigenvalue weighted by molar-refractivity contribution is 0.513. The number of unbranched alkanes of at least 4 members (excludes halogenated alkanes) is 14. The van der Waals surface area contributed by atoms with Crippen LogP contribution in [0.4, 0.5) is 0 Å². The van der Waals surface area contributed by atoms with Gasteiger partial charge in [0.1, 0.15) is 0 Å².